The number of rotatable bonds is 3. The third kappa shape index (κ3) is 3.78. The van der Waals surface area contributed by atoms with E-state index in [0.717, 1.165) is 13.1 Å². The Morgan fingerprint density at radius 2 is 1.95 bits per heavy atom. The highest BCUT2D eigenvalue weighted by atomic mass is 15.3. The zero-order valence-electron chi connectivity index (χ0n) is 13.6. The molecule has 1 atom stereocenters. The van der Waals surface area contributed by atoms with Gasteiger partial charge >= 0.3 is 0 Å². The van der Waals surface area contributed by atoms with E-state index in [1.54, 1.807) is 0 Å². The second-order valence-electron chi connectivity index (χ2n) is 7.05. The molecule has 1 aromatic rings. The van der Waals surface area contributed by atoms with Crippen LogP contribution in [0.2, 0.25) is 0 Å². The first-order valence-corrected chi connectivity index (χ1v) is 8.44. The van der Waals surface area contributed by atoms with Gasteiger partial charge in [-0.3, -0.25) is 4.90 Å². The van der Waals surface area contributed by atoms with Crippen LogP contribution in [0.5, 0.6) is 0 Å². The summed E-state index contributed by atoms with van der Waals surface area (Å²) in [6, 6.07) is 8.89. The molecule has 3 rings (SSSR count). The standard InChI is InChI=1S/C18H29N3/c1-16-6-5-7-17(14-16)21-12-10-20(11-13-21)15-18(2)8-3-4-9-19-18/h5-7,14,19H,3-4,8-13,15H2,1-2H3. The maximum atomic E-state index is 3.74. The molecule has 0 aromatic heterocycles. The predicted octanol–water partition coefficient (Wildman–Crippen LogP) is 2.65. The summed E-state index contributed by atoms with van der Waals surface area (Å²) in [7, 11) is 0. The molecule has 1 unspecified atom stereocenters. The van der Waals surface area contributed by atoms with E-state index in [9.17, 15) is 0 Å². The minimum absolute atomic E-state index is 0.337. The highest BCUT2D eigenvalue weighted by Gasteiger charge is 2.29. The van der Waals surface area contributed by atoms with Gasteiger partial charge in [-0.1, -0.05) is 18.6 Å². The molecular weight excluding hydrogens is 258 g/mol. The molecule has 0 amide bonds. The maximum Gasteiger partial charge on any atom is 0.0369 e. The van der Waals surface area contributed by atoms with Crippen LogP contribution in [0.25, 0.3) is 0 Å². The highest BCUT2D eigenvalue weighted by Crippen LogP contribution is 2.22. The van der Waals surface area contributed by atoms with Crippen molar-refractivity contribution < 1.29 is 0 Å². The Kier molecular flexibility index (Phi) is 4.51. The molecule has 0 saturated carbocycles. The van der Waals surface area contributed by atoms with Crippen LogP contribution in [-0.4, -0.2) is 49.7 Å². The molecule has 2 heterocycles. The number of hydrogen-bond acceptors (Lipinski definition) is 3. The van der Waals surface area contributed by atoms with E-state index in [0.29, 0.717) is 5.54 Å². The predicted molar refractivity (Wildman–Crippen MR) is 90.1 cm³/mol. The minimum atomic E-state index is 0.337. The Morgan fingerprint density at radius 3 is 2.62 bits per heavy atom. The van der Waals surface area contributed by atoms with E-state index in [2.05, 4.69) is 53.2 Å². The SMILES string of the molecule is Cc1cccc(N2CCN(CC3(C)CCCCN3)CC2)c1. The van der Waals surface area contributed by atoms with Crippen LogP contribution < -0.4 is 10.2 Å². The summed E-state index contributed by atoms with van der Waals surface area (Å²) in [6.07, 6.45) is 4.05. The summed E-state index contributed by atoms with van der Waals surface area (Å²) in [5, 5.41) is 3.74. The lowest BCUT2D eigenvalue weighted by atomic mass is 9.90. The number of hydrogen-bond donors (Lipinski definition) is 1. The molecule has 116 valence electrons. The van der Waals surface area contributed by atoms with Crippen molar-refractivity contribution in [1.29, 1.82) is 0 Å². The molecule has 3 heteroatoms. The van der Waals surface area contributed by atoms with Crippen LogP contribution in [0.15, 0.2) is 24.3 Å². The van der Waals surface area contributed by atoms with Gasteiger partial charge in [0.1, 0.15) is 0 Å². The third-order valence-electron chi connectivity index (χ3n) is 5.02. The number of anilines is 1. The fourth-order valence-electron chi connectivity index (χ4n) is 3.74. The smallest absolute Gasteiger partial charge is 0.0369 e. The highest BCUT2D eigenvalue weighted by molar-refractivity contribution is 5.48. The molecule has 3 nitrogen and oxygen atoms in total. The van der Waals surface area contributed by atoms with Gasteiger partial charge in [0.25, 0.3) is 0 Å². The van der Waals surface area contributed by atoms with Gasteiger partial charge in [0.15, 0.2) is 0 Å². The van der Waals surface area contributed by atoms with Crippen LogP contribution in [0.1, 0.15) is 31.7 Å². The minimum Gasteiger partial charge on any atom is -0.369 e. The first-order valence-electron chi connectivity index (χ1n) is 8.44. The Morgan fingerprint density at radius 1 is 1.14 bits per heavy atom. The summed E-state index contributed by atoms with van der Waals surface area (Å²) in [6.45, 7) is 11.7. The fraction of sp³-hybridized carbons (Fsp3) is 0.667. The topological polar surface area (TPSA) is 18.5 Å². The van der Waals surface area contributed by atoms with Crippen LogP contribution in [0.3, 0.4) is 0 Å². The van der Waals surface area contributed by atoms with E-state index in [1.165, 1.54) is 56.7 Å². The van der Waals surface area contributed by atoms with E-state index in [-0.39, 0.29) is 0 Å². The number of nitrogens with one attached hydrogen (secondary N) is 1. The van der Waals surface area contributed by atoms with Crippen LogP contribution in [0, 0.1) is 6.92 Å². The Hall–Kier alpha value is -1.06. The van der Waals surface area contributed by atoms with Gasteiger partial charge in [-0.05, 0) is 50.9 Å². The van der Waals surface area contributed by atoms with Gasteiger partial charge in [0.05, 0.1) is 0 Å². The van der Waals surface area contributed by atoms with Crippen molar-refractivity contribution in [3.05, 3.63) is 29.8 Å². The van der Waals surface area contributed by atoms with Crippen molar-refractivity contribution in [3.8, 4) is 0 Å². The molecule has 0 bridgehead atoms. The van der Waals surface area contributed by atoms with E-state index in [4.69, 9.17) is 0 Å². The number of aryl methyl sites for hydroxylation is 1. The van der Waals surface area contributed by atoms with Crippen molar-refractivity contribution >= 4 is 5.69 Å². The molecule has 2 saturated heterocycles. The number of benzene rings is 1. The second kappa shape index (κ2) is 6.37. The summed E-state index contributed by atoms with van der Waals surface area (Å²) < 4.78 is 0. The van der Waals surface area contributed by atoms with Crippen LogP contribution in [-0.2, 0) is 0 Å². The average molecular weight is 287 g/mol. The van der Waals surface area contributed by atoms with E-state index < -0.39 is 0 Å². The van der Waals surface area contributed by atoms with Crippen molar-refractivity contribution in [2.24, 2.45) is 0 Å². The molecule has 1 aromatic carbocycles. The first kappa shape index (κ1) is 14.9. The largest absolute Gasteiger partial charge is 0.369 e. The Balaban J connectivity index is 1.53. The van der Waals surface area contributed by atoms with E-state index in [1.807, 2.05) is 0 Å². The summed E-state index contributed by atoms with van der Waals surface area (Å²) in [5.41, 5.74) is 3.08. The number of piperidine rings is 1. The average Bonchev–Trinajstić information content (AvgIpc) is 2.48. The molecule has 0 radical (unpaired) electrons. The van der Waals surface area contributed by atoms with Gasteiger partial charge < -0.3 is 10.2 Å². The summed E-state index contributed by atoms with van der Waals surface area (Å²) >= 11 is 0. The molecule has 0 spiro atoms. The van der Waals surface area contributed by atoms with Gasteiger partial charge in [0, 0.05) is 44.0 Å². The van der Waals surface area contributed by atoms with Gasteiger partial charge in [0.2, 0.25) is 0 Å². The van der Waals surface area contributed by atoms with Gasteiger partial charge in [-0.25, -0.2) is 0 Å². The van der Waals surface area contributed by atoms with Crippen molar-refractivity contribution in [2.45, 2.75) is 38.6 Å². The lowest BCUT2D eigenvalue weighted by molar-refractivity contribution is 0.157. The monoisotopic (exact) mass is 287 g/mol. The van der Waals surface area contributed by atoms with Crippen LogP contribution >= 0.6 is 0 Å². The van der Waals surface area contributed by atoms with Gasteiger partial charge in [-0.2, -0.15) is 0 Å². The number of nitrogens with zero attached hydrogens (tertiary/aromatic N) is 2. The zero-order valence-corrected chi connectivity index (χ0v) is 13.6. The summed E-state index contributed by atoms with van der Waals surface area (Å²) in [5.74, 6) is 0. The Labute approximate surface area is 129 Å². The maximum absolute atomic E-state index is 3.74. The van der Waals surface area contributed by atoms with Crippen molar-refractivity contribution in [3.63, 3.8) is 0 Å². The summed E-state index contributed by atoms with van der Waals surface area (Å²) in [4.78, 5) is 5.17. The molecule has 2 aliphatic rings. The molecule has 0 aliphatic carbocycles. The first-order chi connectivity index (χ1) is 10.1. The van der Waals surface area contributed by atoms with Gasteiger partial charge in [-0.15, -0.1) is 0 Å². The van der Waals surface area contributed by atoms with Crippen molar-refractivity contribution in [1.82, 2.24) is 10.2 Å². The quantitative estimate of drug-likeness (QED) is 0.922. The Bertz CT molecular complexity index is 457. The normalized spacial score (nSPS) is 27.8. The lowest BCUT2D eigenvalue weighted by Crippen LogP contribution is -2.57. The van der Waals surface area contributed by atoms with E-state index >= 15 is 0 Å². The molecular formula is C18H29N3. The van der Waals surface area contributed by atoms with Crippen LogP contribution in [0.4, 0.5) is 5.69 Å². The fourth-order valence-corrected chi connectivity index (χ4v) is 3.74. The van der Waals surface area contributed by atoms with Crippen molar-refractivity contribution in [2.75, 3.05) is 44.2 Å². The second-order valence-corrected chi connectivity index (χ2v) is 7.05. The molecule has 2 fully saturated rings. The molecule has 21 heavy (non-hydrogen) atoms. The molecule has 2 aliphatic heterocycles. The lowest BCUT2D eigenvalue weighted by Gasteiger charge is -2.43. The zero-order chi connectivity index (χ0) is 14.7. The molecule has 1 N–H and O–H groups in total. The number of piperazine rings is 1. The third-order valence-corrected chi connectivity index (χ3v) is 5.02.